The van der Waals surface area contributed by atoms with E-state index in [0.717, 1.165) is 17.7 Å². The second kappa shape index (κ2) is 10.8. The second-order valence-electron chi connectivity index (χ2n) is 6.29. The van der Waals surface area contributed by atoms with Crippen LogP contribution in [0.15, 0.2) is 48.5 Å². The van der Waals surface area contributed by atoms with Crippen LogP contribution in [0.2, 0.25) is 0 Å². The van der Waals surface area contributed by atoms with Crippen LogP contribution >= 0.6 is 12.4 Å². The molecule has 5 nitrogen and oxygen atoms in total. The number of carbonyl (C=O) groups excluding carboxylic acids is 2. The molecule has 0 fully saturated rings. The largest absolute Gasteiger partial charge is 0.416 e. The van der Waals surface area contributed by atoms with Gasteiger partial charge < -0.3 is 16.0 Å². The van der Waals surface area contributed by atoms with Crippen molar-refractivity contribution in [3.8, 4) is 0 Å². The topological polar surface area (TPSA) is 75.4 Å². The van der Waals surface area contributed by atoms with E-state index in [0.29, 0.717) is 13.0 Å². The fraction of sp³-hybridized carbons (Fsp3) is 0.300. The minimum Gasteiger partial charge on any atom is -0.337 e. The van der Waals surface area contributed by atoms with Crippen LogP contribution in [0, 0.1) is 0 Å². The molecule has 0 bridgehead atoms. The van der Waals surface area contributed by atoms with Crippen LogP contribution in [0.1, 0.15) is 28.4 Å². The van der Waals surface area contributed by atoms with Gasteiger partial charge in [0.15, 0.2) is 0 Å². The summed E-state index contributed by atoms with van der Waals surface area (Å²) in [5.74, 6) is -1.10. The van der Waals surface area contributed by atoms with Crippen molar-refractivity contribution in [1.82, 2.24) is 4.90 Å². The van der Waals surface area contributed by atoms with Crippen molar-refractivity contribution in [2.75, 3.05) is 25.0 Å². The van der Waals surface area contributed by atoms with Gasteiger partial charge in [0.2, 0.25) is 5.91 Å². The van der Waals surface area contributed by atoms with Gasteiger partial charge in [-0.05, 0) is 30.2 Å². The first-order valence-corrected chi connectivity index (χ1v) is 8.74. The standard InChI is InChI=1S/C20H22F3N3O2.ClH/c1-14(27)25-18-12-16(11-17(13-18)20(21,22)23)19(28)26(10-8-24)9-7-15-5-3-2-4-6-15;/h2-6,11-13H,7-10,24H2,1H3,(H,25,27);1H. The van der Waals surface area contributed by atoms with Gasteiger partial charge in [0.1, 0.15) is 0 Å². The molecule has 158 valence electrons. The summed E-state index contributed by atoms with van der Waals surface area (Å²) < 4.78 is 39.6. The summed E-state index contributed by atoms with van der Waals surface area (Å²) in [6, 6.07) is 12.3. The number of rotatable bonds is 7. The molecule has 0 atom stereocenters. The van der Waals surface area contributed by atoms with Crippen molar-refractivity contribution in [3.05, 3.63) is 65.2 Å². The van der Waals surface area contributed by atoms with E-state index < -0.39 is 23.6 Å². The van der Waals surface area contributed by atoms with Gasteiger partial charge >= 0.3 is 6.18 Å². The summed E-state index contributed by atoms with van der Waals surface area (Å²) in [4.78, 5) is 25.5. The van der Waals surface area contributed by atoms with Crippen molar-refractivity contribution in [2.45, 2.75) is 19.5 Å². The van der Waals surface area contributed by atoms with E-state index in [1.807, 2.05) is 30.3 Å². The summed E-state index contributed by atoms with van der Waals surface area (Å²) in [6.07, 6.45) is -4.10. The third kappa shape index (κ3) is 7.40. The Bertz CT molecular complexity index is 829. The maximum absolute atomic E-state index is 13.2. The van der Waals surface area contributed by atoms with Gasteiger partial charge in [0, 0.05) is 37.8 Å². The zero-order valence-electron chi connectivity index (χ0n) is 15.8. The molecule has 2 rings (SSSR count). The van der Waals surface area contributed by atoms with Crippen LogP contribution in [0.5, 0.6) is 0 Å². The highest BCUT2D eigenvalue weighted by molar-refractivity contribution is 5.97. The number of carbonyl (C=O) groups is 2. The highest BCUT2D eigenvalue weighted by atomic mass is 35.5. The summed E-state index contributed by atoms with van der Waals surface area (Å²) in [6.45, 7) is 1.88. The summed E-state index contributed by atoms with van der Waals surface area (Å²) in [5.41, 5.74) is 5.34. The van der Waals surface area contributed by atoms with Crippen molar-refractivity contribution in [3.63, 3.8) is 0 Å². The third-order valence-corrected chi connectivity index (χ3v) is 4.03. The number of nitrogens with zero attached hydrogens (tertiary/aromatic N) is 1. The van der Waals surface area contributed by atoms with Gasteiger partial charge in [0.25, 0.3) is 5.91 Å². The lowest BCUT2D eigenvalue weighted by Gasteiger charge is -2.23. The number of anilines is 1. The highest BCUT2D eigenvalue weighted by Crippen LogP contribution is 2.32. The fourth-order valence-electron chi connectivity index (χ4n) is 2.75. The van der Waals surface area contributed by atoms with Gasteiger partial charge in [0.05, 0.1) is 5.56 Å². The molecule has 0 saturated heterocycles. The summed E-state index contributed by atoms with van der Waals surface area (Å²) >= 11 is 0. The number of benzene rings is 2. The minimum atomic E-state index is -4.65. The first-order valence-electron chi connectivity index (χ1n) is 8.74. The number of hydrogen-bond donors (Lipinski definition) is 2. The van der Waals surface area contributed by atoms with Crippen LogP contribution in [0.3, 0.4) is 0 Å². The van der Waals surface area contributed by atoms with Crippen LogP contribution in [-0.4, -0.2) is 36.3 Å². The lowest BCUT2D eigenvalue weighted by atomic mass is 10.1. The molecule has 0 aromatic heterocycles. The molecule has 0 saturated carbocycles. The number of amides is 2. The number of alkyl halides is 3. The lowest BCUT2D eigenvalue weighted by Crippen LogP contribution is -2.37. The first-order chi connectivity index (χ1) is 13.2. The highest BCUT2D eigenvalue weighted by Gasteiger charge is 2.32. The molecule has 3 N–H and O–H groups in total. The number of nitrogens with two attached hydrogens (primary N) is 1. The predicted octanol–water partition coefficient (Wildman–Crippen LogP) is 3.73. The second-order valence-corrected chi connectivity index (χ2v) is 6.29. The Kier molecular flexibility index (Phi) is 9.13. The average molecular weight is 430 g/mol. The SMILES string of the molecule is CC(=O)Nc1cc(C(=O)N(CCN)CCc2ccccc2)cc(C(F)(F)F)c1.Cl. The van der Waals surface area contributed by atoms with Gasteiger partial charge in [-0.25, -0.2) is 0 Å². The van der Waals surface area contributed by atoms with Gasteiger partial charge in [-0.2, -0.15) is 13.2 Å². The predicted molar refractivity (Wildman–Crippen MR) is 108 cm³/mol. The molecule has 2 aromatic rings. The Morgan fingerprint density at radius 1 is 1.07 bits per heavy atom. The van der Waals surface area contributed by atoms with E-state index in [4.69, 9.17) is 5.73 Å². The van der Waals surface area contributed by atoms with E-state index in [1.54, 1.807) is 0 Å². The van der Waals surface area contributed by atoms with Crippen molar-refractivity contribution < 1.29 is 22.8 Å². The fourth-order valence-corrected chi connectivity index (χ4v) is 2.75. The van der Waals surface area contributed by atoms with Crippen LogP contribution < -0.4 is 11.1 Å². The third-order valence-electron chi connectivity index (χ3n) is 4.03. The van der Waals surface area contributed by atoms with E-state index in [2.05, 4.69) is 5.32 Å². The molecule has 9 heteroatoms. The van der Waals surface area contributed by atoms with Gasteiger partial charge in [-0.15, -0.1) is 12.4 Å². The molecular weight excluding hydrogens is 407 g/mol. The first kappa shape index (κ1) is 24.5. The normalized spacial score (nSPS) is 10.8. The monoisotopic (exact) mass is 429 g/mol. The Hall–Kier alpha value is -2.58. The van der Waals surface area contributed by atoms with Gasteiger partial charge in [-0.3, -0.25) is 9.59 Å². The Labute approximate surface area is 173 Å². The Morgan fingerprint density at radius 3 is 2.28 bits per heavy atom. The van der Waals surface area contributed by atoms with Crippen molar-refractivity contribution in [2.24, 2.45) is 5.73 Å². The van der Waals surface area contributed by atoms with Crippen LogP contribution in [0.25, 0.3) is 0 Å². The maximum atomic E-state index is 13.2. The molecule has 0 aliphatic heterocycles. The Morgan fingerprint density at radius 2 is 1.72 bits per heavy atom. The molecule has 2 aromatic carbocycles. The Balaban J connectivity index is 0.00000420. The summed E-state index contributed by atoms with van der Waals surface area (Å²) in [7, 11) is 0. The molecule has 29 heavy (non-hydrogen) atoms. The molecule has 2 amide bonds. The average Bonchev–Trinajstić information content (AvgIpc) is 2.64. The zero-order valence-corrected chi connectivity index (χ0v) is 16.6. The molecule has 0 unspecified atom stereocenters. The van der Waals surface area contributed by atoms with E-state index in [-0.39, 0.29) is 36.7 Å². The molecule has 0 heterocycles. The lowest BCUT2D eigenvalue weighted by molar-refractivity contribution is -0.137. The van der Waals surface area contributed by atoms with Crippen molar-refractivity contribution in [1.29, 1.82) is 0 Å². The van der Waals surface area contributed by atoms with E-state index in [9.17, 15) is 22.8 Å². The molecular formula is C20H23ClF3N3O2. The maximum Gasteiger partial charge on any atom is 0.416 e. The van der Waals surface area contributed by atoms with E-state index >= 15 is 0 Å². The molecule has 0 aliphatic carbocycles. The molecule has 0 aliphatic rings. The quantitative estimate of drug-likeness (QED) is 0.704. The van der Waals surface area contributed by atoms with Crippen molar-refractivity contribution >= 4 is 29.9 Å². The molecule has 0 spiro atoms. The zero-order chi connectivity index (χ0) is 20.7. The van der Waals surface area contributed by atoms with Gasteiger partial charge in [-0.1, -0.05) is 30.3 Å². The number of hydrogen-bond acceptors (Lipinski definition) is 3. The molecule has 0 radical (unpaired) electrons. The number of nitrogens with one attached hydrogen (secondary N) is 1. The van der Waals surface area contributed by atoms with Crippen LogP contribution in [-0.2, 0) is 17.4 Å². The van der Waals surface area contributed by atoms with Crippen LogP contribution in [0.4, 0.5) is 18.9 Å². The minimum absolute atomic E-state index is 0. The van der Waals surface area contributed by atoms with E-state index in [1.165, 1.54) is 17.9 Å². The number of halogens is 4. The smallest absolute Gasteiger partial charge is 0.337 e. The summed E-state index contributed by atoms with van der Waals surface area (Å²) in [5, 5.41) is 2.31.